The van der Waals surface area contributed by atoms with E-state index in [4.69, 9.17) is 9.84 Å². The van der Waals surface area contributed by atoms with Crippen molar-refractivity contribution in [2.24, 2.45) is 0 Å². The van der Waals surface area contributed by atoms with Gasteiger partial charge in [-0.2, -0.15) is 0 Å². The van der Waals surface area contributed by atoms with Crippen LogP contribution in [0.3, 0.4) is 0 Å². The van der Waals surface area contributed by atoms with Crippen molar-refractivity contribution < 1.29 is 23.1 Å². The second-order valence-electron chi connectivity index (χ2n) is 10.9. The Kier molecular flexibility index (Phi) is 8.31. The lowest BCUT2D eigenvalue weighted by molar-refractivity contribution is 0.0600. The summed E-state index contributed by atoms with van der Waals surface area (Å²) in [6.45, 7) is 2.21. The molecule has 224 valence electrons. The molecule has 9 nitrogen and oxygen atoms in total. The van der Waals surface area contributed by atoms with Gasteiger partial charge in [0.25, 0.3) is 5.91 Å². The van der Waals surface area contributed by atoms with Gasteiger partial charge in [0.05, 0.1) is 31.5 Å². The van der Waals surface area contributed by atoms with Crippen LogP contribution in [0.1, 0.15) is 50.9 Å². The van der Waals surface area contributed by atoms with Crippen LogP contribution in [0, 0.1) is 5.82 Å². The number of halogens is 2. The topological polar surface area (TPSA) is 92.1 Å². The Balaban J connectivity index is 1.17. The number of imidazole rings is 1. The van der Waals surface area contributed by atoms with Crippen LogP contribution >= 0.6 is 11.8 Å². The Bertz CT molecular complexity index is 1670. The largest absolute Gasteiger partial charge is 0.465 e. The number of rotatable bonds is 8. The van der Waals surface area contributed by atoms with Gasteiger partial charge < -0.3 is 15.0 Å². The Hall–Kier alpha value is -4.03. The number of hydrogen-bond acceptors (Lipinski definition) is 8. The number of fused-ring (bicyclic) bond motifs is 1. The summed E-state index contributed by atoms with van der Waals surface area (Å²) in [4.78, 5) is 34.6. The lowest BCUT2D eigenvalue weighted by Gasteiger charge is -2.27. The Morgan fingerprint density at radius 2 is 2.00 bits per heavy atom. The van der Waals surface area contributed by atoms with Gasteiger partial charge in [-0.1, -0.05) is 12.1 Å². The zero-order valence-corrected chi connectivity index (χ0v) is 24.7. The number of anilines is 1. The molecule has 0 saturated carbocycles. The standard InChI is InChI=1S/C31H32F2N6O3S/c1-42-31(41)20-5-3-4-19(12-20)16-37-11-10-23(18-37)35-30(40)26-15-34-28-8-9-29(36-39(26)28)38-17-22(33)14-25(38)24-13-21(32)6-7-27(24)43-2/h3-9,12-13,15,22-23,25H,10-11,14,16-18H2,1-2H3,(H,35,40)/t22-,23-,25+/m0/s1. The van der Waals surface area contributed by atoms with Crippen LogP contribution in [0.2, 0.25) is 0 Å². The zero-order chi connectivity index (χ0) is 30.1. The minimum atomic E-state index is -1.10. The van der Waals surface area contributed by atoms with E-state index in [0.717, 1.165) is 29.0 Å². The van der Waals surface area contributed by atoms with Crippen LogP contribution in [-0.4, -0.2) is 76.6 Å². The van der Waals surface area contributed by atoms with Gasteiger partial charge in [0.15, 0.2) is 11.3 Å². The monoisotopic (exact) mass is 606 g/mol. The fraction of sp³-hybridized carbons (Fsp3) is 0.355. The van der Waals surface area contributed by atoms with Crippen LogP contribution in [0.4, 0.5) is 14.6 Å². The molecule has 4 heterocycles. The number of ether oxygens (including phenoxy) is 1. The van der Waals surface area contributed by atoms with E-state index < -0.39 is 12.2 Å². The van der Waals surface area contributed by atoms with Crippen molar-refractivity contribution in [2.45, 2.75) is 42.5 Å². The number of nitrogens with zero attached hydrogens (tertiary/aromatic N) is 5. The van der Waals surface area contributed by atoms with Crippen molar-refractivity contribution in [3.05, 3.63) is 89.0 Å². The number of carbonyl (C=O) groups is 2. The Morgan fingerprint density at radius 1 is 1.14 bits per heavy atom. The lowest BCUT2D eigenvalue weighted by atomic mass is 10.0. The summed E-state index contributed by atoms with van der Waals surface area (Å²) in [5, 5.41) is 7.81. The van der Waals surface area contributed by atoms with Crippen molar-refractivity contribution in [3.8, 4) is 0 Å². The maximum atomic E-state index is 14.8. The molecular weight excluding hydrogens is 574 g/mol. The van der Waals surface area contributed by atoms with Gasteiger partial charge >= 0.3 is 5.97 Å². The van der Waals surface area contributed by atoms with Crippen LogP contribution in [0.15, 0.2) is 65.7 Å². The third-order valence-corrected chi connectivity index (χ3v) is 8.85. The molecule has 0 radical (unpaired) electrons. The number of amides is 1. The maximum Gasteiger partial charge on any atom is 0.337 e. The molecule has 2 saturated heterocycles. The van der Waals surface area contributed by atoms with Crippen LogP contribution in [0.25, 0.3) is 5.65 Å². The zero-order valence-electron chi connectivity index (χ0n) is 23.9. The van der Waals surface area contributed by atoms with Crippen molar-refractivity contribution in [3.63, 3.8) is 0 Å². The van der Waals surface area contributed by atoms with Crippen molar-refractivity contribution >= 4 is 35.1 Å². The number of thioether (sulfide) groups is 1. The van der Waals surface area contributed by atoms with Gasteiger partial charge in [0.2, 0.25) is 0 Å². The van der Waals surface area contributed by atoms with E-state index >= 15 is 0 Å². The normalized spacial score (nSPS) is 20.6. The van der Waals surface area contributed by atoms with E-state index in [0.29, 0.717) is 30.1 Å². The predicted octanol–water partition coefficient (Wildman–Crippen LogP) is 4.67. The molecular formula is C31H32F2N6O3S. The van der Waals surface area contributed by atoms with Gasteiger partial charge in [-0.15, -0.1) is 16.9 Å². The quantitative estimate of drug-likeness (QED) is 0.229. The lowest BCUT2D eigenvalue weighted by Crippen LogP contribution is -2.37. The molecule has 0 spiro atoms. The Morgan fingerprint density at radius 3 is 2.81 bits per heavy atom. The fourth-order valence-electron chi connectivity index (χ4n) is 6.00. The highest BCUT2D eigenvalue weighted by Gasteiger charge is 2.36. The van der Waals surface area contributed by atoms with Crippen molar-refractivity contribution in [1.29, 1.82) is 0 Å². The average Bonchev–Trinajstić information content (AvgIpc) is 3.74. The first kappa shape index (κ1) is 29.1. The van der Waals surface area contributed by atoms with Gasteiger partial charge in [-0.3, -0.25) is 9.69 Å². The molecule has 3 atom stereocenters. The first-order valence-electron chi connectivity index (χ1n) is 14.1. The highest BCUT2D eigenvalue weighted by atomic mass is 32.2. The molecule has 0 aliphatic carbocycles. The number of methoxy groups -OCH3 is 1. The summed E-state index contributed by atoms with van der Waals surface area (Å²) in [6, 6.07) is 15.0. The third kappa shape index (κ3) is 6.07. The highest BCUT2D eigenvalue weighted by molar-refractivity contribution is 7.98. The second-order valence-corrected chi connectivity index (χ2v) is 11.7. The molecule has 2 aliphatic rings. The molecule has 1 amide bonds. The number of alkyl halides is 1. The molecule has 2 aliphatic heterocycles. The van der Waals surface area contributed by atoms with Gasteiger partial charge in [0, 0.05) is 37.0 Å². The molecule has 2 aromatic carbocycles. The number of hydrogen-bond donors (Lipinski definition) is 1. The summed E-state index contributed by atoms with van der Waals surface area (Å²) in [6.07, 6.45) is 3.30. The predicted molar refractivity (Wildman–Crippen MR) is 160 cm³/mol. The van der Waals surface area contributed by atoms with E-state index in [-0.39, 0.29) is 42.4 Å². The van der Waals surface area contributed by atoms with E-state index in [1.807, 2.05) is 29.4 Å². The van der Waals surface area contributed by atoms with Gasteiger partial charge in [-0.05, 0) is 66.3 Å². The Labute approximate surface area is 252 Å². The number of nitrogens with one attached hydrogen (secondary N) is 1. The fourth-order valence-corrected chi connectivity index (χ4v) is 6.63. The van der Waals surface area contributed by atoms with E-state index in [2.05, 4.69) is 15.2 Å². The van der Waals surface area contributed by atoms with E-state index in [1.165, 1.54) is 41.7 Å². The molecule has 0 bridgehead atoms. The molecule has 6 rings (SSSR count). The highest BCUT2D eigenvalue weighted by Crippen LogP contribution is 2.40. The summed E-state index contributed by atoms with van der Waals surface area (Å²) in [7, 11) is 1.36. The average molecular weight is 607 g/mol. The molecule has 12 heteroatoms. The summed E-state index contributed by atoms with van der Waals surface area (Å²) in [5.41, 5.74) is 3.00. The number of benzene rings is 2. The van der Waals surface area contributed by atoms with Crippen LogP contribution in [0.5, 0.6) is 0 Å². The molecule has 0 unspecified atom stereocenters. The molecule has 2 aromatic heterocycles. The summed E-state index contributed by atoms with van der Waals surface area (Å²) < 4.78 is 35.3. The molecule has 2 fully saturated rings. The number of likely N-dealkylation sites (tertiary alicyclic amines) is 1. The number of carbonyl (C=O) groups excluding carboxylic acids is 2. The molecule has 4 aromatic rings. The van der Waals surface area contributed by atoms with Crippen molar-refractivity contribution in [2.75, 3.05) is 37.9 Å². The van der Waals surface area contributed by atoms with Crippen molar-refractivity contribution in [1.82, 2.24) is 24.8 Å². The van der Waals surface area contributed by atoms with Crippen LogP contribution < -0.4 is 10.2 Å². The third-order valence-electron chi connectivity index (χ3n) is 8.04. The summed E-state index contributed by atoms with van der Waals surface area (Å²) in [5.74, 6) is -0.552. The minimum absolute atomic E-state index is 0.0711. The SMILES string of the molecule is COC(=O)c1cccc(CN2CC[C@H](NC(=O)c3cnc4ccc(N5C[C@@H](F)C[C@@H]5c5cc(F)ccc5SC)nn34)C2)c1. The second kappa shape index (κ2) is 12.3. The van der Waals surface area contributed by atoms with Gasteiger partial charge in [-0.25, -0.2) is 23.1 Å². The minimum Gasteiger partial charge on any atom is -0.465 e. The maximum absolute atomic E-state index is 14.8. The number of esters is 1. The first-order valence-corrected chi connectivity index (χ1v) is 15.3. The molecule has 1 N–H and O–H groups in total. The number of aromatic nitrogens is 3. The molecule has 43 heavy (non-hydrogen) atoms. The van der Waals surface area contributed by atoms with E-state index in [9.17, 15) is 18.4 Å². The van der Waals surface area contributed by atoms with Crippen LogP contribution in [-0.2, 0) is 11.3 Å². The van der Waals surface area contributed by atoms with Gasteiger partial charge in [0.1, 0.15) is 17.8 Å². The van der Waals surface area contributed by atoms with E-state index in [1.54, 1.807) is 24.3 Å². The summed E-state index contributed by atoms with van der Waals surface area (Å²) >= 11 is 1.49. The first-order chi connectivity index (χ1) is 20.8. The smallest absolute Gasteiger partial charge is 0.337 e.